The summed E-state index contributed by atoms with van der Waals surface area (Å²) in [4.78, 5) is 5.02. The van der Waals surface area contributed by atoms with E-state index in [0.29, 0.717) is 5.84 Å². The van der Waals surface area contributed by atoms with Crippen molar-refractivity contribution >= 4 is 5.84 Å². The van der Waals surface area contributed by atoms with Crippen LogP contribution in [0, 0.1) is 5.92 Å². The fourth-order valence-corrected chi connectivity index (χ4v) is 3.11. The van der Waals surface area contributed by atoms with Gasteiger partial charge in [0.2, 0.25) is 0 Å². The summed E-state index contributed by atoms with van der Waals surface area (Å²) in [6.07, 6.45) is 6.19. The van der Waals surface area contributed by atoms with E-state index in [2.05, 4.69) is 15.0 Å². The van der Waals surface area contributed by atoms with E-state index in [-0.39, 0.29) is 5.92 Å². The third kappa shape index (κ3) is 3.85. The number of nitrogens with two attached hydrogens (primary N) is 1. The van der Waals surface area contributed by atoms with Gasteiger partial charge in [0.1, 0.15) is 5.84 Å². The Hall–Kier alpha value is -0.810. The van der Waals surface area contributed by atoms with Gasteiger partial charge in [0.05, 0.1) is 0 Å². The Morgan fingerprint density at radius 1 is 1.11 bits per heavy atom. The molecule has 2 fully saturated rings. The first-order valence-electron chi connectivity index (χ1n) is 7.21. The normalized spacial score (nSPS) is 27.8. The van der Waals surface area contributed by atoms with Crippen LogP contribution < -0.4 is 5.73 Å². The zero-order valence-corrected chi connectivity index (χ0v) is 11.2. The van der Waals surface area contributed by atoms with Crippen LogP contribution in [0.25, 0.3) is 0 Å². The average molecular weight is 254 g/mol. The SMILES string of the molecule is NC(=NO)C1CCCN(CCCN2CCCC2)C1. The first-order chi connectivity index (χ1) is 8.79. The monoisotopic (exact) mass is 254 g/mol. The van der Waals surface area contributed by atoms with Gasteiger partial charge in [-0.1, -0.05) is 5.16 Å². The molecule has 0 amide bonds. The van der Waals surface area contributed by atoms with E-state index < -0.39 is 0 Å². The number of oxime groups is 1. The highest BCUT2D eigenvalue weighted by atomic mass is 16.4. The van der Waals surface area contributed by atoms with Crippen LogP contribution in [0.2, 0.25) is 0 Å². The predicted octanol–water partition coefficient (Wildman–Crippen LogP) is 0.931. The third-order valence-corrected chi connectivity index (χ3v) is 4.19. The van der Waals surface area contributed by atoms with Gasteiger partial charge in [0.25, 0.3) is 0 Å². The van der Waals surface area contributed by atoms with E-state index in [1.54, 1.807) is 0 Å². The predicted molar refractivity (Wildman–Crippen MR) is 72.9 cm³/mol. The van der Waals surface area contributed by atoms with Gasteiger partial charge in [0, 0.05) is 12.5 Å². The Balaban J connectivity index is 1.66. The molecule has 0 aliphatic carbocycles. The minimum Gasteiger partial charge on any atom is -0.409 e. The summed E-state index contributed by atoms with van der Waals surface area (Å²) in [5, 5.41) is 11.9. The lowest BCUT2D eigenvalue weighted by atomic mass is 9.97. The van der Waals surface area contributed by atoms with Gasteiger partial charge in [-0.15, -0.1) is 0 Å². The molecule has 0 aromatic rings. The summed E-state index contributed by atoms with van der Waals surface area (Å²) in [6, 6.07) is 0. The maximum atomic E-state index is 8.73. The van der Waals surface area contributed by atoms with Crippen LogP contribution in [0.5, 0.6) is 0 Å². The van der Waals surface area contributed by atoms with E-state index in [4.69, 9.17) is 10.9 Å². The molecule has 18 heavy (non-hydrogen) atoms. The molecule has 0 radical (unpaired) electrons. The topological polar surface area (TPSA) is 65.1 Å². The van der Waals surface area contributed by atoms with Crippen LogP contribution in [0.3, 0.4) is 0 Å². The van der Waals surface area contributed by atoms with Gasteiger partial charge in [-0.3, -0.25) is 0 Å². The Kier molecular flexibility index (Phi) is 5.26. The number of rotatable bonds is 5. The van der Waals surface area contributed by atoms with Gasteiger partial charge in [-0.2, -0.15) is 0 Å². The maximum Gasteiger partial charge on any atom is 0.143 e. The molecule has 2 aliphatic heterocycles. The second-order valence-electron chi connectivity index (χ2n) is 5.57. The van der Waals surface area contributed by atoms with E-state index in [1.807, 2.05) is 0 Å². The van der Waals surface area contributed by atoms with Crippen molar-refractivity contribution in [2.45, 2.75) is 32.1 Å². The molecular formula is C13H26N4O. The number of amidine groups is 1. The molecule has 2 saturated heterocycles. The van der Waals surface area contributed by atoms with Gasteiger partial charge in [-0.25, -0.2) is 0 Å². The summed E-state index contributed by atoms with van der Waals surface area (Å²) < 4.78 is 0. The van der Waals surface area contributed by atoms with Crippen molar-refractivity contribution in [3.8, 4) is 0 Å². The molecule has 1 atom stereocenters. The average Bonchev–Trinajstić information content (AvgIpc) is 2.91. The van der Waals surface area contributed by atoms with Crippen LogP contribution in [0.1, 0.15) is 32.1 Å². The second kappa shape index (κ2) is 6.95. The van der Waals surface area contributed by atoms with Gasteiger partial charge < -0.3 is 20.7 Å². The quantitative estimate of drug-likeness (QED) is 0.331. The highest BCUT2D eigenvalue weighted by Gasteiger charge is 2.23. The van der Waals surface area contributed by atoms with Crippen LogP contribution >= 0.6 is 0 Å². The van der Waals surface area contributed by atoms with E-state index >= 15 is 0 Å². The number of piperidine rings is 1. The van der Waals surface area contributed by atoms with Gasteiger partial charge >= 0.3 is 0 Å². The highest BCUT2D eigenvalue weighted by molar-refractivity contribution is 5.82. The summed E-state index contributed by atoms with van der Waals surface area (Å²) in [7, 11) is 0. The lowest BCUT2D eigenvalue weighted by Crippen LogP contribution is -2.42. The molecule has 5 heteroatoms. The minimum absolute atomic E-state index is 0.246. The molecule has 104 valence electrons. The molecule has 0 aromatic heterocycles. The molecule has 0 bridgehead atoms. The standard InChI is InChI=1S/C13H26N4O/c14-13(15-18)12-5-3-8-17(11-12)10-4-9-16-6-1-2-7-16/h12,18H,1-11H2,(H2,14,15). The Labute approximate surface area is 110 Å². The fraction of sp³-hybridized carbons (Fsp3) is 0.923. The number of likely N-dealkylation sites (tertiary alicyclic amines) is 2. The fourth-order valence-electron chi connectivity index (χ4n) is 3.11. The summed E-state index contributed by atoms with van der Waals surface area (Å²) in [6.45, 7) is 7.06. The molecule has 2 heterocycles. The molecule has 2 rings (SSSR count). The van der Waals surface area contributed by atoms with Crippen molar-refractivity contribution in [1.82, 2.24) is 9.80 Å². The van der Waals surface area contributed by atoms with Crippen LogP contribution in [0.4, 0.5) is 0 Å². The van der Waals surface area contributed by atoms with Crippen LogP contribution in [-0.4, -0.2) is 60.1 Å². The van der Waals surface area contributed by atoms with E-state index in [0.717, 1.165) is 32.5 Å². The largest absolute Gasteiger partial charge is 0.409 e. The van der Waals surface area contributed by atoms with Crippen molar-refractivity contribution in [2.24, 2.45) is 16.8 Å². The van der Waals surface area contributed by atoms with Gasteiger partial charge in [0.15, 0.2) is 0 Å². The molecule has 1 unspecified atom stereocenters. The molecular weight excluding hydrogens is 228 g/mol. The molecule has 3 N–H and O–H groups in total. The highest BCUT2D eigenvalue weighted by Crippen LogP contribution is 2.17. The first kappa shape index (κ1) is 13.6. The summed E-state index contributed by atoms with van der Waals surface area (Å²) >= 11 is 0. The van der Waals surface area contributed by atoms with Crippen LogP contribution in [-0.2, 0) is 0 Å². The minimum atomic E-state index is 0.246. The first-order valence-corrected chi connectivity index (χ1v) is 7.21. The zero-order chi connectivity index (χ0) is 12.8. The summed E-state index contributed by atoms with van der Waals surface area (Å²) in [5.74, 6) is 0.648. The molecule has 5 nitrogen and oxygen atoms in total. The smallest absolute Gasteiger partial charge is 0.143 e. The lowest BCUT2D eigenvalue weighted by Gasteiger charge is -2.32. The van der Waals surface area contributed by atoms with E-state index in [9.17, 15) is 0 Å². The van der Waals surface area contributed by atoms with Crippen molar-refractivity contribution < 1.29 is 5.21 Å². The Morgan fingerprint density at radius 2 is 1.78 bits per heavy atom. The molecule has 0 spiro atoms. The molecule has 2 aliphatic rings. The van der Waals surface area contributed by atoms with Gasteiger partial charge in [-0.05, 0) is 64.8 Å². The van der Waals surface area contributed by atoms with Crippen molar-refractivity contribution in [1.29, 1.82) is 0 Å². The Bertz CT molecular complexity index is 276. The number of nitrogens with zero attached hydrogens (tertiary/aromatic N) is 3. The third-order valence-electron chi connectivity index (χ3n) is 4.19. The van der Waals surface area contributed by atoms with Crippen molar-refractivity contribution in [3.63, 3.8) is 0 Å². The van der Waals surface area contributed by atoms with Crippen molar-refractivity contribution in [2.75, 3.05) is 39.3 Å². The Morgan fingerprint density at radius 3 is 2.50 bits per heavy atom. The maximum absolute atomic E-state index is 8.73. The van der Waals surface area contributed by atoms with E-state index in [1.165, 1.54) is 38.9 Å². The second-order valence-corrected chi connectivity index (χ2v) is 5.57. The zero-order valence-electron chi connectivity index (χ0n) is 11.2. The van der Waals surface area contributed by atoms with Crippen molar-refractivity contribution in [3.05, 3.63) is 0 Å². The molecule has 0 saturated carbocycles. The summed E-state index contributed by atoms with van der Waals surface area (Å²) in [5.41, 5.74) is 5.70. The van der Waals surface area contributed by atoms with Crippen LogP contribution in [0.15, 0.2) is 5.16 Å². The lowest BCUT2D eigenvalue weighted by molar-refractivity contribution is 0.188. The molecule has 0 aromatic carbocycles. The number of hydrogen-bond donors (Lipinski definition) is 2. The number of hydrogen-bond acceptors (Lipinski definition) is 4.